The van der Waals surface area contributed by atoms with Gasteiger partial charge in [0.15, 0.2) is 0 Å². The molecule has 0 nitrogen and oxygen atoms in total. The van der Waals surface area contributed by atoms with Gasteiger partial charge in [-0.15, -0.1) is 0 Å². The van der Waals surface area contributed by atoms with Gasteiger partial charge in [0.25, 0.3) is 0 Å². The van der Waals surface area contributed by atoms with Gasteiger partial charge in [0.1, 0.15) is 0 Å². The first-order valence-corrected chi connectivity index (χ1v) is 9.91. The highest BCUT2D eigenvalue weighted by atomic mass is 79.9. The topological polar surface area (TPSA) is 0 Å². The van der Waals surface area contributed by atoms with Crippen LogP contribution in [0.3, 0.4) is 0 Å². The molecule has 0 aromatic heterocycles. The molecule has 0 spiro atoms. The Hall–Kier alpha value is -0.300. The number of benzene rings is 1. The summed E-state index contributed by atoms with van der Waals surface area (Å²) < 4.78 is 0. The van der Waals surface area contributed by atoms with E-state index >= 15 is 0 Å². The van der Waals surface area contributed by atoms with E-state index in [0.717, 1.165) is 24.2 Å². The van der Waals surface area contributed by atoms with E-state index in [2.05, 4.69) is 48.8 Å². The predicted molar refractivity (Wildman–Crippen MR) is 95.2 cm³/mol. The van der Waals surface area contributed by atoms with E-state index in [1.54, 1.807) is 16.7 Å². The van der Waals surface area contributed by atoms with Crippen molar-refractivity contribution in [3.63, 3.8) is 0 Å². The van der Waals surface area contributed by atoms with Crippen LogP contribution in [0.15, 0.2) is 12.1 Å². The summed E-state index contributed by atoms with van der Waals surface area (Å²) in [5.74, 6) is 2.95. The van der Waals surface area contributed by atoms with Gasteiger partial charge in [0.2, 0.25) is 0 Å². The van der Waals surface area contributed by atoms with Crippen LogP contribution in [0.25, 0.3) is 0 Å². The first kappa shape index (κ1) is 15.6. The smallest absolute Gasteiger partial charge is 0.0434 e. The van der Waals surface area contributed by atoms with Gasteiger partial charge in [-0.05, 0) is 72.1 Å². The van der Waals surface area contributed by atoms with Gasteiger partial charge in [-0.1, -0.05) is 61.7 Å². The SMILES string of the molecule is CCc1cc(CC)c(C(Br)C2C3CCCCC32)c(CC)c1. The first-order valence-electron chi connectivity index (χ1n) is 8.99. The fourth-order valence-corrected chi connectivity index (χ4v) is 6.04. The van der Waals surface area contributed by atoms with Gasteiger partial charge in [-0.3, -0.25) is 0 Å². The van der Waals surface area contributed by atoms with Gasteiger partial charge in [0.05, 0.1) is 0 Å². The first-order chi connectivity index (χ1) is 10.2. The van der Waals surface area contributed by atoms with Crippen molar-refractivity contribution >= 4 is 15.9 Å². The van der Waals surface area contributed by atoms with Crippen molar-refractivity contribution in [1.29, 1.82) is 0 Å². The molecule has 2 aliphatic rings. The van der Waals surface area contributed by atoms with Crippen LogP contribution in [0.2, 0.25) is 0 Å². The van der Waals surface area contributed by atoms with Crippen LogP contribution in [0.1, 0.15) is 73.5 Å². The maximum Gasteiger partial charge on any atom is 0.0434 e. The molecule has 1 aromatic rings. The zero-order chi connectivity index (χ0) is 15.0. The average Bonchev–Trinajstić information content (AvgIpc) is 3.27. The zero-order valence-corrected chi connectivity index (χ0v) is 15.4. The van der Waals surface area contributed by atoms with Gasteiger partial charge in [-0.2, -0.15) is 0 Å². The number of aryl methyl sites for hydroxylation is 3. The highest BCUT2D eigenvalue weighted by Crippen LogP contribution is 2.63. The molecule has 2 fully saturated rings. The minimum atomic E-state index is 0.599. The van der Waals surface area contributed by atoms with E-state index < -0.39 is 0 Å². The normalized spacial score (nSPS) is 29.0. The third-order valence-corrected chi connectivity index (χ3v) is 6.99. The lowest BCUT2D eigenvalue weighted by molar-refractivity contribution is 0.480. The summed E-state index contributed by atoms with van der Waals surface area (Å²) in [5, 5.41) is 0. The van der Waals surface area contributed by atoms with Crippen molar-refractivity contribution in [3.05, 3.63) is 34.4 Å². The molecule has 0 aliphatic heterocycles. The minimum absolute atomic E-state index is 0.599. The Bertz CT molecular complexity index is 468. The molecule has 116 valence electrons. The van der Waals surface area contributed by atoms with Crippen LogP contribution in [0, 0.1) is 17.8 Å². The molecule has 0 heterocycles. The lowest BCUT2D eigenvalue weighted by atomic mass is 9.90. The monoisotopic (exact) mass is 348 g/mol. The summed E-state index contributed by atoms with van der Waals surface area (Å²) in [7, 11) is 0. The largest absolute Gasteiger partial charge is 0.0835 e. The molecular weight excluding hydrogens is 320 g/mol. The third kappa shape index (κ3) is 2.83. The quantitative estimate of drug-likeness (QED) is 0.552. The number of halogens is 1. The summed E-state index contributed by atoms with van der Waals surface area (Å²) >= 11 is 4.13. The Kier molecular flexibility index (Phi) is 4.78. The van der Waals surface area contributed by atoms with Crippen molar-refractivity contribution < 1.29 is 0 Å². The molecule has 0 N–H and O–H groups in total. The summed E-state index contributed by atoms with van der Waals surface area (Å²) in [4.78, 5) is 0.599. The molecule has 3 rings (SSSR count). The van der Waals surface area contributed by atoms with Gasteiger partial charge >= 0.3 is 0 Å². The molecule has 0 bridgehead atoms. The highest BCUT2D eigenvalue weighted by Gasteiger charge is 2.54. The summed E-state index contributed by atoms with van der Waals surface area (Å²) in [6.45, 7) is 6.91. The predicted octanol–water partition coefficient (Wildman–Crippen LogP) is 6.25. The minimum Gasteiger partial charge on any atom is -0.0835 e. The highest BCUT2D eigenvalue weighted by molar-refractivity contribution is 9.09. The molecule has 0 amide bonds. The molecule has 1 heteroatoms. The lowest BCUT2D eigenvalue weighted by Crippen LogP contribution is -2.06. The van der Waals surface area contributed by atoms with Crippen LogP contribution in [0.5, 0.6) is 0 Å². The maximum absolute atomic E-state index is 4.13. The Morgan fingerprint density at radius 3 is 1.90 bits per heavy atom. The summed E-state index contributed by atoms with van der Waals surface area (Å²) in [6, 6.07) is 4.93. The van der Waals surface area contributed by atoms with Crippen LogP contribution in [0.4, 0.5) is 0 Å². The van der Waals surface area contributed by atoms with Crippen LogP contribution in [-0.2, 0) is 19.3 Å². The number of fused-ring (bicyclic) bond motifs is 1. The van der Waals surface area contributed by atoms with E-state index in [1.165, 1.54) is 44.1 Å². The zero-order valence-electron chi connectivity index (χ0n) is 13.8. The number of alkyl halides is 1. The number of hydrogen-bond donors (Lipinski definition) is 0. The second-order valence-corrected chi connectivity index (χ2v) is 7.97. The van der Waals surface area contributed by atoms with Crippen LogP contribution >= 0.6 is 15.9 Å². The van der Waals surface area contributed by atoms with Crippen LogP contribution in [-0.4, -0.2) is 0 Å². The maximum atomic E-state index is 4.13. The Morgan fingerprint density at radius 1 is 0.952 bits per heavy atom. The fourth-order valence-electron chi connectivity index (χ4n) is 4.67. The second-order valence-electron chi connectivity index (χ2n) is 6.98. The third-order valence-electron chi connectivity index (χ3n) is 5.92. The van der Waals surface area contributed by atoms with Gasteiger partial charge in [-0.25, -0.2) is 0 Å². The van der Waals surface area contributed by atoms with Crippen molar-refractivity contribution in [2.45, 2.75) is 70.5 Å². The molecule has 3 atom stereocenters. The Labute approximate surface area is 138 Å². The van der Waals surface area contributed by atoms with Crippen molar-refractivity contribution in [2.75, 3.05) is 0 Å². The number of rotatable bonds is 5. The summed E-state index contributed by atoms with van der Waals surface area (Å²) in [5.41, 5.74) is 6.35. The Morgan fingerprint density at radius 2 is 1.48 bits per heavy atom. The van der Waals surface area contributed by atoms with Crippen molar-refractivity contribution in [2.24, 2.45) is 17.8 Å². The van der Waals surface area contributed by atoms with Crippen LogP contribution < -0.4 is 0 Å². The lowest BCUT2D eigenvalue weighted by Gasteiger charge is -2.20. The molecule has 21 heavy (non-hydrogen) atoms. The van der Waals surface area contributed by atoms with Crippen molar-refractivity contribution in [1.82, 2.24) is 0 Å². The standard InChI is InChI=1S/C20H29Br/c1-4-13-11-14(5-2)18(15(6-3)12-13)20(21)19-16-9-7-8-10-17(16)19/h11-12,16-17,19-20H,4-10H2,1-3H3. The van der Waals surface area contributed by atoms with E-state index in [9.17, 15) is 0 Å². The van der Waals surface area contributed by atoms with Gasteiger partial charge < -0.3 is 0 Å². The Balaban J connectivity index is 1.93. The van der Waals surface area contributed by atoms with Crippen molar-refractivity contribution in [3.8, 4) is 0 Å². The molecule has 2 aliphatic carbocycles. The van der Waals surface area contributed by atoms with Gasteiger partial charge in [0, 0.05) is 4.83 Å². The second kappa shape index (κ2) is 6.44. The fraction of sp³-hybridized carbons (Fsp3) is 0.700. The van der Waals surface area contributed by atoms with E-state index in [1.807, 2.05) is 0 Å². The number of hydrogen-bond acceptors (Lipinski definition) is 0. The van der Waals surface area contributed by atoms with E-state index in [-0.39, 0.29) is 0 Å². The summed E-state index contributed by atoms with van der Waals surface area (Å²) in [6.07, 6.45) is 9.38. The molecule has 2 saturated carbocycles. The van der Waals surface area contributed by atoms with E-state index in [0.29, 0.717) is 4.83 Å². The average molecular weight is 349 g/mol. The van der Waals surface area contributed by atoms with E-state index in [4.69, 9.17) is 0 Å². The molecule has 1 aromatic carbocycles. The molecule has 0 saturated heterocycles. The molecular formula is C20H29Br. The molecule has 0 radical (unpaired) electrons. The molecule has 3 unspecified atom stereocenters.